The summed E-state index contributed by atoms with van der Waals surface area (Å²) >= 11 is 0. The largest absolute Gasteiger partial charge is 0.314 e. The van der Waals surface area contributed by atoms with Crippen molar-refractivity contribution < 1.29 is 0 Å². The molecule has 2 unspecified atom stereocenters. The van der Waals surface area contributed by atoms with E-state index in [-0.39, 0.29) is 0 Å². The monoisotopic (exact) mass is 207 g/mol. The van der Waals surface area contributed by atoms with Gasteiger partial charge in [-0.2, -0.15) is 5.10 Å². The summed E-state index contributed by atoms with van der Waals surface area (Å²) in [6.07, 6.45) is 4.73. The van der Waals surface area contributed by atoms with Crippen molar-refractivity contribution in [1.29, 1.82) is 0 Å². The Hall–Kier alpha value is -0.830. The van der Waals surface area contributed by atoms with E-state index in [9.17, 15) is 0 Å². The third kappa shape index (κ3) is 2.40. The average molecular weight is 207 g/mol. The second kappa shape index (κ2) is 4.35. The maximum absolute atomic E-state index is 4.50. The molecule has 3 nitrogen and oxygen atoms in total. The smallest absolute Gasteiger partial charge is 0.0593 e. The first-order chi connectivity index (χ1) is 7.16. The van der Waals surface area contributed by atoms with Crippen LogP contribution >= 0.6 is 0 Å². The van der Waals surface area contributed by atoms with Gasteiger partial charge in [-0.3, -0.25) is 4.68 Å². The summed E-state index contributed by atoms with van der Waals surface area (Å²) in [4.78, 5) is 0. The Labute approximate surface area is 91.9 Å². The van der Waals surface area contributed by atoms with Crippen molar-refractivity contribution in [3.05, 3.63) is 18.0 Å². The van der Waals surface area contributed by atoms with E-state index in [1.807, 2.05) is 0 Å². The van der Waals surface area contributed by atoms with E-state index < -0.39 is 0 Å². The van der Waals surface area contributed by atoms with Crippen LogP contribution in [0.3, 0.4) is 0 Å². The SMILES string of the molecule is Cc1ccn(C2CCC2CNC(C)C)n1. The maximum Gasteiger partial charge on any atom is 0.0593 e. The van der Waals surface area contributed by atoms with Gasteiger partial charge in [0.05, 0.1) is 11.7 Å². The highest BCUT2D eigenvalue weighted by Crippen LogP contribution is 2.37. The third-order valence-electron chi connectivity index (χ3n) is 3.25. The zero-order valence-corrected chi connectivity index (χ0v) is 9.90. The highest BCUT2D eigenvalue weighted by Gasteiger charge is 2.32. The van der Waals surface area contributed by atoms with Crippen LogP contribution in [0.2, 0.25) is 0 Å². The van der Waals surface area contributed by atoms with Crippen molar-refractivity contribution in [3.8, 4) is 0 Å². The summed E-state index contributed by atoms with van der Waals surface area (Å²) in [5.41, 5.74) is 1.12. The minimum Gasteiger partial charge on any atom is -0.314 e. The zero-order chi connectivity index (χ0) is 10.8. The average Bonchev–Trinajstić information content (AvgIpc) is 2.49. The molecule has 0 bridgehead atoms. The summed E-state index contributed by atoms with van der Waals surface area (Å²) in [6.45, 7) is 7.58. The fourth-order valence-electron chi connectivity index (χ4n) is 2.14. The fraction of sp³-hybridized carbons (Fsp3) is 0.750. The Bertz CT molecular complexity index is 316. The molecule has 2 atom stereocenters. The molecule has 1 aliphatic rings. The molecule has 1 aliphatic carbocycles. The zero-order valence-electron chi connectivity index (χ0n) is 9.90. The Balaban J connectivity index is 1.89. The van der Waals surface area contributed by atoms with Gasteiger partial charge in [-0.1, -0.05) is 13.8 Å². The Morgan fingerprint density at radius 2 is 2.33 bits per heavy atom. The van der Waals surface area contributed by atoms with Crippen molar-refractivity contribution in [2.45, 2.75) is 45.7 Å². The van der Waals surface area contributed by atoms with Gasteiger partial charge in [-0.25, -0.2) is 0 Å². The van der Waals surface area contributed by atoms with Crippen LogP contribution in [0.15, 0.2) is 12.3 Å². The van der Waals surface area contributed by atoms with Crippen molar-refractivity contribution in [2.75, 3.05) is 6.54 Å². The van der Waals surface area contributed by atoms with Gasteiger partial charge in [-0.05, 0) is 31.7 Å². The van der Waals surface area contributed by atoms with Gasteiger partial charge in [0.15, 0.2) is 0 Å². The standard InChI is InChI=1S/C12H21N3/c1-9(2)13-8-11-4-5-12(11)15-7-6-10(3)14-15/h6-7,9,11-13H,4-5,8H2,1-3H3. The van der Waals surface area contributed by atoms with Gasteiger partial charge < -0.3 is 5.32 Å². The second-order valence-electron chi connectivity index (χ2n) is 4.90. The molecule has 1 saturated carbocycles. The normalized spacial score (nSPS) is 25.6. The first-order valence-electron chi connectivity index (χ1n) is 5.92. The van der Waals surface area contributed by atoms with Gasteiger partial charge in [0.1, 0.15) is 0 Å². The van der Waals surface area contributed by atoms with E-state index in [1.165, 1.54) is 12.8 Å². The number of aryl methyl sites for hydroxylation is 1. The summed E-state index contributed by atoms with van der Waals surface area (Å²) in [6, 6.07) is 3.31. The molecule has 0 radical (unpaired) electrons. The molecule has 0 aromatic carbocycles. The predicted octanol–water partition coefficient (Wildman–Crippen LogP) is 2.14. The molecule has 2 rings (SSSR count). The molecule has 0 amide bonds. The summed E-state index contributed by atoms with van der Waals surface area (Å²) in [5, 5.41) is 8.01. The van der Waals surface area contributed by atoms with Crippen molar-refractivity contribution in [2.24, 2.45) is 5.92 Å². The predicted molar refractivity (Wildman–Crippen MR) is 61.9 cm³/mol. The van der Waals surface area contributed by atoms with Crippen LogP contribution in [0.1, 0.15) is 38.4 Å². The van der Waals surface area contributed by atoms with Crippen LogP contribution in [0.5, 0.6) is 0 Å². The summed E-state index contributed by atoms with van der Waals surface area (Å²) in [7, 11) is 0. The lowest BCUT2D eigenvalue weighted by molar-refractivity contribution is 0.160. The van der Waals surface area contributed by atoms with Gasteiger partial charge >= 0.3 is 0 Å². The number of rotatable bonds is 4. The van der Waals surface area contributed by atoms with Crippen LogP contribution in [0.4, 0.5) is 0 Å². The third-order valence-corrected chi connectivity index (χ3v) is 3.25. The van der Waals surface area contributed by atoms with E-state index in [2.05, 4.69) is 48.1 Å². The number of nitrogens with zero attached hydrogens (tertiary/aromatic N) is 2. The number of hydrogen-bond acceptors (Lipinski definition) is 2. The second-order valence-corrected chi connectivity index (χ2v) is 4.90. The molecule has 0 spiro atoms. The molecular weight excluding hydrogens is 186 g/mol. The lowest BCUT2D eigenvalue weighted by Gasteiger charge is -2.37. The molecule has 84 valence electrons. The van der Waals surface area contributed by atoms with E-state index >= 15 is 0 Å². The number of aromatic nitrogens is 2. The van der Waals surface area contributed by atoms with Crippen molar-refractivity contribution in [1.82, 2.24) is 15.1 Å². The van der Waals surface area contributed by atoms with Gasteiger partial charge in [0.25, 0.3) is 0 Å². The van der Waals surface area contributed by atoms with Crippen molar-refractivity contribution in [3.63, 3.8) is 0 Å². The van der Waals surface area contributed by atoms with Gasteiger partial charge in [-0.15, -0.1) is 0 Å². The number of hydrogen-bond donors (Lipinski definition) is 1. The van der Waals surface area contributed by atoms with E-state index in [0.717, 1.165) is 18.2 Å². The first-order valence-corrected chi connectivity index (χ1v) is 5.92. The quantitative estimate of drug-likeness (QED) is 0.819. The lowest BCUT2D eigenvalue weighted by Crippen LogP contribution is -2.39. The van der Waals surface area contributed by atoms with E-state index in [4.69, 9.17) is 0 Å². The minimum absolute atomic E-state index is 0.589. The van der Waals surface area contributed by atoms with Crippen molar-refractivity contribution >= 4 is 0 Å². The minimum atomic E-state index is 0.589. The highest BCUT2D eigenvalue weighted by atomic mass is 15.3. The van der Waals surface area contributed by atoms with Gasteiger partial charge in [0.2, 0.25) is 0 Å². The molecule has 1 fully saturated rings. The number of nitrogens with one attached hydrogen (secondary N) is 1. The molecule has 1 aromatic heterocycles. The molecule has 1 heterocycles. The molecule has 15 heavy (non-hydrogen) atoms. The molecule has 1 aromatic rings. The molecule has 0 aliphatic heterocycles. The Kier molecular flexibility index (Phi) is 3.10. The Morgan fingerprint density at radius 1 is 1.53 bits per heavy atom. The lowest BCUT2D eigenvalue weighted by atomic mass is 9.79. The van der Waals surface area contributed by atoms with E-state index in [0.29, 0.717) is 12.1 Å². The molecular formula is C12H21N3. The van der Waals surface area contributed by atoms with Crippen LogP contribution in [-0.4, -0.2) is 22.4 Å². The first kappa shape index (κ1) is 10.7. The molecule has 1 N–H and O–H groups in total. The summed E-state index contributed by atoms with van der Waals surface area (Å²) in [5.74, 6) is 0.770. The van der Waals surface area contributed by atoms with Crippen LogP contribution in [0, 0.1) is 12.8 Å². The molecule has 0 saturated heterocycles. The van der Waals surface area contributed by atoms with Gasteiger partial charge in [0, 0.05) is 18.8 Å². The fourth-order valence-corrected chi connectivity index (χ4v) is 2.14. The summed E-state index contributed by atoms with van der Waals surface area (Å²) < 4.78 is 2.14. The maximum atomic E-state index is 4.50. The van der Waals surface area contributed by atoms with E-state index in [1.54, 1.807) is 0 Å². The van der Waals surface area contributed by atoms with Crippen LogP contribution in [0.25, 0.3) is 0 Å². The Morgan fingerprint density at radius 3 is 2.80 bits per heavy atom. The highest BCUT2D eigenvalue weighted by molar-refractivity contribution is 4.98. The topological polar surface area (TPSA) is 29.9 Å². The van der Waals surface area contributed by atoms with Crippen LogP contribution < -0.4 is 5.32 Å². The van der Waals surface area contributed by atoms with Crippen LogP contribution in [-0.2, 0) is 0 Å². The molecule has 3 heteroatoms.